The molecule has 2 N–H and O–H groups in total. The van der Waals surface area contributed by atoms with Crippen molar-refractivity contribution in [2.45, 2.75) is 32.7 Å². The first-order valence-corrected chi connectivity index (χ1v) is 9.66. The number of anilines is 1. The largest absolute Gasteiger partial charge is 0.347 e. The maximum Gasteiger partial charge on any atom is 0.251 e. The molecule has 1 aliphatic heterocycles. The summed E-state index contributed by atoms with van der Waals surface area (Å²) in [5.74, 6) is 1.40. The summed E-state index contributed by atoms with van der Waals surface area (Å²) in [7, 11) is 0. The van der Waals surface area contributed by atoms with E-state index in [2.05, 4.69) is 25.2 Å². The summed E-state index contributed by atoms with van der Waals surface area (Å²) in [5.41, 5.74) is 3.42. The Morgan fingerprint density at radius 2 is 1.93 bits per heavy atom. The number of aromatic amines is 1. The highest BCUT2D eigenvalue weighted by molar-refractivity contribution is 5.94. The third-order valence-electron chi connectivity index (χ3n) is 4.90. The quantitative estimate of drug-likeness (QED) is 0.714. The van der Waals surface area contributed by atoms with Gasteiger partial charge >= 0.3 is 0 Å². The van der Waals surface area contributed by atoms with Crippen LogP contribution in [0.4, 0.5) is 5.95 Å². The van der Waals surface area contributed by atoms with E-state index in [9.17, 15) is 4.79 Å². The second-order valence-corrected chi connectivity index (χ2v) is 7.04. The van der Waals surface area contributed by atoms with Crippen LogP contribution in [0.25, 0.3) is 11.3 Å². The van der Waals surface area contributed by atoms with Crippen molar-refractivity contribution in [2.24, 2.45) is 0 Å². The van der Waals surface area contributed by atoms with Gasteiger partial charge in [-0.05, 0) is 44.4 Å². The molecular formula is C21H24N6O. The Kier molecular flexibility index (Phi) is 5.32. The molecule has 0 radical (unpaired) electrons. The Morgan fingerprint density at radius 3 is 2.64 bits per heavy atom. The fourth-order valence-corrected chi connectivity index (χ4v) is 3.39. The predicted molar refractivity (Wildman–Crippen MR) is 108 cm³/mol. The van der Waals surface area contributed by atoms with Crippen LogP contribution < -0.4 is 10.2 Å². The number of carbonyl (C=O) groups excluding carboxylic acids is 1. The molecule has 0 unspecified atom stereocenters. The average molecular weight is 376 g/mol. The molecular weight excluding hydrogens is 352 g/mol. The minimum Gasteiger partial charge on any atom is -0.347 e. The minimum absolute atomic E-state index is 0.129. The zero-order valence-electron chi connectivity index (χ0n) is 16.0. The van der Waals surface area contributed by atoms with Gasteiger partial charge in [-0.25, -0.2) is 15.0 Å². The average Bonchev–Trinajstić information content (AvgIpc) is 3.26. The third kappa shape index (κ3) is 4.19. The summed E-state index contributed by atoms with van der Waals surface area (Å²) < 4.78 is 0. The smallest absolute Gasteiger partial charge is 0.251 e. The molecule has 0 spiro atoms. The van der Waals surface area contributed by atoms with Crippen LogP contribution >= 0.6 is 0 Å². The first kappa shape index (κ1) is 18.2. The highest BCUT2D eigenvalue weighted by Gasteiger charge is 2.15. The lowest BCUT2D eigenvalue weighted by atomic mass is 10.1. The maximum atomic E-state index is 12.3. The van der Waals surface area contributed by atoms with Gasteiger partial charge in [-0.1, -0.05) is 12.1 Å². The number of imidazole rings is 1. The molecule has 144 valence electrons. The molecule has 1 aliphatic rings. The number of nitrogens with zero attached hydrogens (tertiary/aromatic N) is 4. The molecule has 7 heteroatoms. The number of benzene rings is 1. The molecule has 1 aromatic carbocycles. The van der Waals surface area contributed by atoms with Gasteiger partial charge in [0.05, 0.1) is 12.2 Å². The normalized spacial score (nSPS) is 14.1. The Hall–Kier alpha value is -3.22. The van der Waals surface area contributed by atoms with Crippen LogP contribution in [0.2, 0.25) is 0 Å². The lowest BCUT2D eigenvalue weighted by molar-refractivity contribution is 0.0950. The molecule has 0 atom stereocenters. The number of aryl methyl sites for hydroxylation is 1. The van der Waals surface area contributed by atoms with Crippen molar-refractivity contribution in [2.75, 3.05) is 18.0 Å². The first-order valence-electron chi connectivity index (χ1n) is 9.66. The van der Waals surface area contributed by atoms with Crippen LogP contribution in [0.3, 0.4) is 0 Å². The number of H-pyrrole nitrogens is 1. The van der Waals surface area contributed by atoms with Crippen molar-refractivity contribution in [1.82, 2.24) is 25.3 Å². The third-order valence-corrected chi connectivity index (χ3v) is 4.90. The minimum atomic E-state index is -0.129. The van der Waals surface area contributed by atoms with Gasteiger partial charge in [0.1, 0.15) is 5.82 Å². The predicted octanol–water partition coefficient (Wildman–Crippen LogP) is 3.10. The summed E-state index contributed by atoms with van der Waals surface area (Å²) in [6, 6.07) is 9.50. The van der Waals surface area contributed by atoms with E-state index in [0.717, 1.165) is 41.8 Å². The topological polar surface area (TPSA) is 86.8 Å². The highest BCUT2D eigenvalue weighted by atomic mass is 16.1. The summed E-state index contributed by atoms with van der Waals surface area (Å²) >= 11 is 0. The van der Waals surface area contributed by atoms with Gasteiger partial charge in [0, 0.05) is 42.3 Å². The van der Waals surface area contributed by atoms with Gasteiger partial charge < -0.3 is 15.2 Å². The van der Waals surface area contributed by atoms with E-state index < -0.39 is 0 Å². The lowest BCUT2D eigenvalue weighted by Crippen LogP contribution is -2.31. The van der Waals surface area contributed by atoms with E-state index in [0.29, 0.717) is 12.1 Å². The van der Waals surface area contributed by atoms with Crippen molar-refractivity contribution in [3.05, 3.63) is 59.8 Å². The number of carbonyl (C=O) groups is 1. The number of piperidine rings is 1. The lowest BCUT2D eigenvalue weighted by Gasteiger charge is -2.27. The standard InChI is InChI=1S/C21H24N6O/c1-15-13-18(26-21(25-15)27-11-3-2-4-12-27)16-5-7-17(8-6-16)20(28)24-14-19-22-9-10-23-19/h5-10,13H,2-4,11-12,14H2,1H3,(H,22,23)(H,24,28). The van der Waals surface area contributed by atoms with Crippen molar-refractivity contribution in [3.8, 4) is 11.3 Å². The maximum absolute atomic E-state index is 12.3. The molecule has 0 bridgehead atoms. The Labute approximate surface area is 164 Å². The number of amides is 1. The van der Waals surface area contributed by atoms with Crippen molar-refractivity contribution in [3.63, 3.8) is 0 Å². The number of aromatic nitrogens is 4. The summed E-state index contributed by atoms with van der Waals surface area (Å²) in [6.07, 6.45) is 7.05. The molecule has 1 saturated heterocycles. The SMILES string of the molecule is Cc1cc(-c2ccc(C(=O)NCc3ncc[nH]3)cc2)nc(N2CCCCC2)n1. The van der Waals surface area contributed by atoms with Crippen molar-refractivity contribution in [1.29, 1.82) is 0 Å². The fraction of sp³-hybridized carbons (Fsp3) is 0.333. The molecule has 28 heavy (non-hydrogen) atoms. The zero-order chi connectivity index (χ0) is 19.3. The number of nitrogens with one attached hydrogen (secondary N) is 2. The van der Waals surface area contributed by atoms with Crippen LogP contribution in [-0.4, -0.2) is 38.9 Å². The number of hydrogen-bond acceptors (Lipinski definition) is 5. The van der Waals surface area contributed by atoms with Crippen LogP contribution in [0.1, 0.15) is 41.1 Å². The number of hydrogen-bond donors (Lipinski definition) is 2. The Morgan fingerprint density at radius 1 is 1.14 bits per heavy atom. The second kappa shape index (κ2) is 8.21. The highest BCUT2D eigenvalue weighted by Crippen LogP contribution is 2.23. The van der Waals surface area contributed by atoms with Gasteiger partial charge in [0.2, 0.25) is 5.95 Å². The van der Waals surface area contributed by atoms with Gasteiger partial charge in [-0.3, -0.25) is 4.79 Å². The molecule has 0 aliphatic carbocycles. The van der Waals surface area contributed by atoms with E-state index >= 15 is 0 Å². The fourth-order valence-electron chi connectivity index (χ4n) is 3.39. The summed E-state index contributed by atoms with van der Waals surface area (Å²) in [4.78, 5) is 31.0. The Bertz CT molecular complexity index is 930. The number of rotatable bonds is 5. The van der Waals surface area contributed by atoms with E-state index in [1.807, 2.05) is 37.3 Å². The van der Waals surface area contributed by atoms with Gasteiger partial charge in [-0.15, -0.1) is 0 Å². The van der Waals surface area contributed by atoms with E-state index in [1.54, 1.807) is 12.4 Å². The molecule has 3 heterocycles. The monoisotopic (exact) mass is 376 g/mol. The van der Waals surface area contributed by atoms with E-state index in [-0.39, 0.29) is 5.91 Å². The van der Waals surface area contributed by atoms with Gasteiger partial charge in [-0.2, -0.15) is 0 Å². The molecule has 0 saturated carbocycles. The molecule has 1 amide bonds. The van der Waals surface area contributed by atoms with Crippen molar-refractivity contribution >= 4 is 11.9 Å². The van der Waals surface area contributed by atoms with E-state index in [4.69, 9.17) is 4.98 Å². The second-order valence-electron chi connectivity index (χ2n) is 7.04. The summed E-state index contributed by atoms with van der Waals surface area (Å²) in [5, 5.41) is 2.86. The molecule has 4 rings (SSSR count). The van der Waals surface area contributed by atoms with Crippen molar-refractivity contribution < 1.29 is 4.79 Å². The van der Waals surface area contributed by atoms with Crippen LogP contribution in [0.15, 0.2) is 42.7 Å². The first-order chi connectivity index (χ1) is 13.7. The van der Waals surface area contributed by atoms with Crippen LogP contribution in [0, 0.1) is 6.92 Å². The van der Waals surface area contributed by atoms with Gasteiger partial charge in [0.15, 0.2) is 0 Å². The zero-order valence-corrected chi connectivity index (χ0v) is 16.0. The molecule has 7 nitrogen and oxygen atoms in total. The van der Waals surface area contributed by atoms with Crippen LogP contribution in [-0.2, 0) is 6.54 Å². The van der Waals surface area contributed by atoms with Crippen LogP contribution in [0.5, 0.6) is 0 Å². The van der Waals surface area contributed by atoms with E-state index in [1.165, 1.54) is 19.3 Å². The van der Waals surface area contributed by atoms with Gasteiger partial charge in [0.25, 0.3) is 5.91 Å². The Balaban J connectivity index is 1.48. The summed E-state index contributed by atoms with van der Waals surface area (Å²) in [6.45, 7) is 4.39. The molecule has 2 aromatic heterocycles. The molecule has 1 fully saturated rings. The molecule has 3 aromatic rings.